The van der Waals surface area contributed by atoms with Crippen molar-refractivity contribution in [2.24, 2.45) is 11.5 Å². The van der Waals surface area contributed by atoms with E-state index in [0.717, 1.165) is 6.42 Å². The summed E-state index contributed by atoms with van der Waals surface area (Å²) in [5.41, 5.74) is 11.4. The van der Waals surface area contributed by atoms with Gasteiger partial charge < -0.3 is 21.5 Å². The second-order valence-electron chi connectivity index (χ2n) is 4.47. The lowest BCUT2D eigenvalue weighted by molar-refractivity contribution is -0.119. The Morgan fingerprint density at radius 1 is 1.30 bits per heavy atom. The van der Waals surface area contributed by atoms with Crippen LogP contribution in [0, 0.1) is 0 Å². The number of benzene rings is 1. The monoisotopic (exact) mass is 279 g/mol. The van der Waals surface area contributed by atoms with E-state index in [1.807, 2.05) is 6.92 Å². The van der Waals surface area contributed by atoms with Crippen LogP contribution in [-0.4, -0.2) is 24.5 Å². The maximum Gasteiger partial charge on any atom is 0.241 e. The van der Waals surface area contributed by atoms with Crippen molar-refractivity contribution in [3.8, 4) is 5.75 Å². The van der Waals surface area contributed by atoms with Crippen LogP contribution in [0.5, 0.6) is 5.75 Å². The molecule has 5 N–H and O–H groups in total. The average molecular weight is 279 g/mol. The van der Waals surface area contributed by atoms with Crippen LogP contribution in [0.25, 0.3) is 0 Å². The summed E-state index contributed by atoms with van der Waals surface area (Å²) in [5.74, 6) is 0.00940. The average Bonchev–Trinajstić information content (AvgIpc) is 2.40. The summed E-state index contributed by atoms with van der Waals surface area (Å²) in [6.07, 6.45) is 1.69. The van der Waals surface area contributed by atoms with Crippen LogP contribution in [0.2, 0.25) is 0 Å². The number of hydrogen-bond acceptors (Lipinski definition) is 4. The summed E-state index contributed by atoms with van der Waals surface area (Å²) < 4.78 is 5.32. The second kappa shape index (κ2) is 8.16. The van der Waals surface area contributed by atoms with Gasteiger partial charge in [-0.3, -0.25) is 9.59 Å². The third-order valence-electron chi connectivity index (χ3n) is 2.68. The minimum absolute atomic E-state index is 0.171. The van der Waals surface area contributed by atoms with Gasteiger partial charge in [0, 0.05) is 5.69 Å². The van der Waals surface area contributed by atoms with E-state index in [9.17, 15) is 9.59 Å². The first-order valence-corrected chi connectivity index (χ1v) is 6.60. The lowest BCUT2D eigenvalue weighted by Crippen LogP contribution is -2.35. The van der Waals surface area contributed by atoms with Gasteiger partial charge in [0.15, 0.2) is 0 Å². The molecule has 0 aliphatic carbocycles. The molecule has 0 spiro atoms. The van der Waals surface area contributed by atoms with E-state index in [1.165, 1.54) is 0 Å². The van der Waals surface area contributed by atoms with Crippen LogP contribution in [0.15, 0.2) is 24.3 Å². The minimum atomic E-state index is -0.494. The highest BCUT2D eigenvalue weighted by molar-refractivity contribution is 5.94. The summed E-state index contributed by atoms with van der Waals surface area (Å²) in [6.45, 7) is 2.22. The van der Waals surface area contributed by atoms with Crippen molar-refractivity contribution in [2.75, 3.05) is 11.9 Å². The third-order valence-corrected chi connectivity index (χ3v) is 2.68. The Hall–Kier alpha value is -2.08. The zero-order valence-electron chi connectivity index (χ0n) is 11.6. The molecule has 1 aromatic rings. The molecule has 6 heteroatoms. The summed E-state index contributed by atoms with van der Waals surface area (Å²) in [7, 11) is 0. The van der Waals surface area contributed by atoms with Crippen LogP contribution < -0.4 is 21.5 Å². The van der Waals surface area contributed by atoms with Gasteiger partial charge in [0.1, 0.15) is 5.75 Å². The lowest BCUT2D eigenvalue weighted by Gasteiger charge is -2.11. The van der Waals surface area contributed by atoms with Crippen molar-refractivity contribution in [1.29, 1.82) is 0 Å². The van der Waals surface area contributed by atoms with Gasteiger partial charge in [-0.25, -0.2) is 0 Å². The highest BCUT2D eigenvalue weighted by Crippen LogP contribution is 2.16. The molecule has 0 bridgehead atoms. The SMILES string of the molecule is CCC[C@@H](N)C(=O)Nc1ccc(OCCC(N)=O)cc1. The second-order valence-corrected chi connectivity index (χ2v) is 4.47. The standard InChI is InChI=1S/C14H21N3O3/c1-2-3-12(15)14(19)17-10-4-6-11(7-5-10)20-9-8-13(16)18/h4-7,12H,2-3,8-9,15H2,1H3,(H2,16,18)(H,17,19)/t12-/m1/s1. The van der Waals surface area contributed by atoms with E-state index in [-0.39, 0.29) is 18.9 Å². The Morgan fingerprint density at radius 2 is 1.95 bits per heavy atom. The number of nitrogens with two attached hydrogens (primary N) is 2. The Morgan fingerprint density at radius 3 is 2.50 bits per heavy atom. The third kappa shape index (κ3) is 5.71. The molecule has 0 aromatic heterocycles. The number of nitrogens with one attached hydrogen (secondary N) is 1. The fourth-order valence-electron chi connectivity index (χ4n) is 1.58. The largest absolute Gasteiger partial charge is 0.493 e. The zero-order valence-corrected chi connectivity index (χ0v) is 11.6. The van der Waals surface area contributed by atoms with E-state index in [4.69, 9.17) is 16.2 Å². The highest BCUT2D eigenvalue weighted by atomic mass is 16.5. The molecular formula is C14H21N3O3. The van der Waals surface area contributed by atoms with Crippen molar-refractivity contribution >= 4 is 17.5 Å². The van der Waals surface area contributed by atoms with Crippen LogP contribution >= 0.6 is 0 Å². The summed E-state index contributed by atoms with van der Waals surface area (Å²) in [4.78, 5) is 22.3. The van der Waals surface area contributed by atoms with Gasteiger partial charge in [0.25, 0.3) is 0 Å². The van der Waals surface area contributed by atoms with Gasteiger partial charge in [-0.15, -0.1) is 0 Å². The predicted octanol–water partition coefficient (Wildman–Crippen LogP) is 1.01. The molecular weight excluding hydrogens is 258 g/mol. The Bertz CT molecular complexity index is 445. The Kier molecular flexibility index (Phi) is 6.52. The number of carbonyl (C=O) groups is 2. The van der Waals surface area contributed by atoms with Crippen molar-refractivity contribution in [3.05, 3.63) is 24.3 Å². The first kappa shape index (κ1) is 16.0. The van der Waals surface area contributed by atoms with Gasteiger partial charge >= 0.3 is 0 Å². The zero-order chi connectivity index (χ0) is 15.0. The first-order chi connectivity index (χ1) is 9.52. The molecule has 0 saturated carbocycles. The topological polar surface area (TPSA) is 107 Å². The highest BCUT2D eigenvalue weighted by Gasteiger charge is 2.12. The molecule has 0 aliphatic rings. The predicted molar refractivity (Wildman–Crippen MR) is 77.3 cm³/mol. The minimum Gasteiger partial charge on any atom is -0.493 e. The summed E-state index contributed by atoms with van der Waals surface area (Å²) in [6, 6.07) is 6.36. The fourth-order valence-corrected chi connectivity index (χ4v) is 1.58. The van der Waals surface area contributed by atoms with Crippen molar-refractivity contribution in [2.45, 2.75) is 32.2 Å². The molecule has 0 aliphatic heterocycles. The van der Waals surface area contributed by atoms with E-state index in [1.54, 1.807) is 24.3 Å². The van der Waals surface area contributed by atoms with Gasteiger partial charge in [0.2, 0.25) is 11.8 Å². The number of amides is 2. The number of ether oxygens (including phenoxy) is 1. The maximum atomic E-state index is 11.7. The van der Waals surface area contributed by atoms with Crippen LogP contribution in [0.3, 0.4) is 0 Å². The summed E-state index contributed by atoms with van der Waals surface area (Å²) >= 11 is 0. The maximum absolute atomic E-state index is 11.7. The number of hydrogen-bond donors (Lipinski definition) is 3. The molecule has 0 heterocycles. The van der Waals surface area contributed by atoms with Crippen molar-refractivity contribution in [1.82, 2.24) is 0 Å². The molecule has 0 radical (unpaired) electrons. The van der Waals surface area contributed by atoms with Gasteiger partial charge in [0.05, 0.1) is 19.1 Å². The molecule has 6 nitrogen and oxygen atoms in total. The molecule has 0 saturated heterocycles. The molecule has 1 aromatic carbocycles. The van der Waals surface area contributed by atoms with E-state index < -0.39 is 11.9 Å². The molecule has 110 valence electrons. The Balaban J connectivity index is 2.45. The van der Waals surface area contributed by atoms with Gasteiger partial charge in [-0.2, -0.15) is 0 Å². The molecule has 2 amide bonds. The van der Waals surface area contributed by atoms with E-state index in [0.29, 0.717) is 17.9 Å². The van der Waals surface area contributed by atoms with Crippen LogP contribution in [0.4, 0.5) is 5.69 Å². The van der Waals surface area contributed by atoms with Crippen molar-refractivity contribution in [3.63, 3.8) is 0 Å². The Labute approximate surface area is 118 Å². The number of primary amides is 1. The van der Waals surface area contributed by atoms with Gasteiger partial charge in [-0.1, -0.05) is 13.3 Å². The van der Waals surface area contributed by atoms with Gasteiger partial charge in [-0.05, 0) is 30.7 Å². The molecule has 20 heavy (non-hydrogen) atoms. The molecule has 1 atom stereocenters. The van der Waals surface area contributed by atoms with E-state index in [2.05, 4.69) is 5.32 Å². The lowest BCUT2D eigenvalue weighted by atomic mass is 10.1. The van der Waals surface area contributed by atoms with E-state index >= 15 is 0 Å². The molecule has 0 fully saturated rings. The fraction of sp³-hybridized carbons (Fsp3) is 0.429. The first-order valence-electron chi connectivity index (χ1n) is 6.60. The number of anilines is 1. The van der Waals surface area contributed by atoms with Crippen molar-refractivity contribution < 1.29 is 14.3 Å². The van der Waals surface area contributed by atoms with Crippen LogP contribution in [-0.2, 0) is 9.59 Å². The quantitative estimate of drug-likeness (QED) is 0.660. The van der Waals surface area contributed by atoms with Crippen LogP contribution in [0.1, 0.15) is 26.2 Å². The summed E-state index contributed by atoms with van der Waals surface area (Å²) in [5, 5.41) is 2.73. The normalized spacial score (nSPS) is 11.7. The number of rotatable bonds is 8. The number of carbonyl (C=O) groups excluding carboxylic acids is 2. The molecule has 1 rings (SSSR count). The smallest absolute Gasteiger partial charge is 0.241 e. The molecule has 0 unspecified atom stereocenters.